The Morgan fingerprint density at radius 3 is 2.74 bits per heavy atom. The zero-order valence-electron chi connectivity index (χ0n) is 10.7. The van der Waals surface area contributed by atoms with Gasteiger partial charge in [0.1, 0.15) is 0 Å². The van der Waals surface area contributed by atoms with Crippen LogP contribution in [0.5, 0.6) is 0 Å². The normalized spacial score (nSPS) is 9.68. The van der Waals surface area contributed by atoms with Crippen LogP contribution in [0.25, 0.3) is 0 Å². The van der Waals surface area contributed by atoms with Crippen LogP contribution >= 0.6 is 0 Å². The van der Waals surface area contributed by atoms with Crippen molar-refractivity contribution in [2.45, 2.75) is 13.3 Å². The van der Waals surface area contributed by atoms with Gasteiger partial charge in [0.05, 0.1) is 12.5 Å². The lowest BCUT2D eigenvalue weighted by Crippen LogP contribution is -2.12. The van der Waals surface area contributed by atoms with Crippen molar-refractivity contribution in [3.63, 3.8) is 0 Å². The van der Waals surface area contributed by atoms with Gasteiger partial charge in [-0.3, -0.25) is 4.79 Å². The highest BCUT2D eigenvalue weighted by atomic mass is 16.1. The molecule has 3 heteroatoms. The predicted octanol–water partition coefficient (Wildman–Crippen LogP) is 3.31. The van der Waals surface area contributed by atoms with Gasteiger partial charge in [-0.1, -0.05) is 24.3 Å². The Morgan fingerprint density at radius 2 is 2.00 bits per heavy atom. The van der Waals surface area contributed by atoms with Crippen LogP contribution in [0.3, 0.4) is 0 Å². The van der Waals surface area contributed by atoms with Crippen molar-refractivity contribution in [1.82, 2.24) is 0 Å². The first-order valence-corrected chi connectivity index (χ1v) is 6.03. The number of nitrogens with one attached hydrogen (secondary N) is 1. The largest absolute Gasteiger partial charge is 0.322 e. The summed E-state index contributed by atoms with van der Waals surface area (Å²) in [4.78, 5) is 12.1. The summed E-state index contributed by atoms with van der Waals surface area (Å²) in [6.45, 7) is 1.98. The Kier molecular flexibility index (Phi) is 3.94. The first kappa shape index (κ1) is 12.8. The number of nitriles is 1. The Balaban J connectivity index is 2.16. The third-order valence-corrected chi connectivity index (χ3v) is 2.75. The van der Waals surface area contributed by atoms with E-state index in [4.69, 9.17) is 5.26 Å². The third-order valence-electron chi connectivity index (χ3n) is 2.75. The molecule has 0 aromatic heterocycles. The Morgan fingerprint density at radius 1 is 1.21 bits per heavy atom. The highest BCUT2D eigenvalue weighted by molar-refractivity contribution is 6.04. The average molecular weight is 250 g/mol. The lowest BCUT2D eigenvalue weighted by molar-refractivity contribution is 0.102. The Labute approximate surface area is 112 Å². The summed E-state index contributed by atoms with van der Waals surface area (Å²) in [7, 11) is 0. The topological polar surface area (TPSA) is 52.9 Å². The first-order valence-electron chi connectivity index (χ1n) is 6.03. The summed E-state index contributed by atoms with van der Waals surface area (Å²) >= 11 is 0. The molecule has 0 saturated heterocycles. The molecule has 0 bridgehead atoms. The van der Waals surface area contributed by atoms with E-state index >= 15 is 0 Å². The fourth-order valence-corrected chi connectivity index (χ4v) is 1.84. The van der Waals surface area contributed by atoms with Crippen molar-refractivity contribution in [1.29, 1.82) is 5.26 Å². The van der Waals surface area contributed by atoms with E-state index in [0.29, 0.717) is 12.0 Å². The summed E-state index contributed by atoms with van der Waals surface area (Å²) in [5.41, 5.74) is 3.28. The fraction of sp³-hybridized carbons (Fsp3) is 0.125. The van der Waals surface area contributed by atoms with Crippen molar-refractivity contribution < 1.29 is 4.79 Å². The first-order chi connectivity index (χ1) is 9.19. The minimum Gasteiger partial charge on any atom is -0.322 e. The monoisotopic (exact) mass is 250 g/mol. The number of benzene rings is 2. The highest BCUT2D eigenvalue weighted by Gasteiger charge is 2.06. The van der Waals surface area contributed by atoms with E-state index in [1.807, 2.05) is 37.3 Å². The van der Waals surface area contributed by atoms with Gasteiger partial charge in [0, 0.05) is 11.3 Å². The maximum absolute atomic E-state index is 12.1. The molecule has 2 rings (SSSR count). The molecule has 0 heterocycles. The van der Waals surface area contributed by atoms with Crippen LogP contribution in [-0.4, -0.2) is 5.91 Å². The fourth-order valence-electron chi connectivity index (χ4n) is 1.84. The molecule has 0 aliphatic heterocycles. The lowest BCUT2D eigenvalue weighted by atomic mass is 10.1. The number of anilines is 1. The van der Waals surface area contributed by atoms with E-state index in [9.17, 15) is 4.79 Å². The number of carbonyl (C=O) groups is 1. The number of amides is 1. The Bertz CT molecular complexity index is 641. The van der Waals surface area contributed by atoms with Crippen LogP contribution in [0, 0.1) is 18.3 Å². The molecule has 2 aromatic rings. The van der Waals surface area contributed by atoms with Gasteiger partial charge >= 0.3 is 0 Å². The minimum absolute atomic E-state index is 0.162. The van der Waals surface area contributed by atoms with E-state index in [1.54, 1.807) is 18.2 Å². The number of hydrogen-bond acceptors (Lipinski definition) is 2. The van der Waals surface area contributed by atoms with Gasteiger partial charge in [-0.25, -0.2) is 0 Å². The second-order valence-electron chi connectivity index (χ2n) is 4.36. The number of carbonyl (C=O) groups excluding carboxylic acids is 1. The molecule has 0 atom stereocenters. The van der Waals surface area contributed by atoms with E-state index in [-0.39, 0.29) is 5.91 Å². The summed E-state index contributed by atoms with van der Waals surface area (Å²) in [6, 6.07) is 16.8. The van der Waals surface area contributed by atoms with Crippen molar-refractivity contribution in [3.05, 3.63) is 65.2 Å². The molecule has 3 nitrogen and oxygen atoms in total. The third kappa shape index (κ3) is 3.43. The average Bonchev–Trinajstić information content (AvgIpc) is 2.39. The van der Waals surface area contributed by atoms with E-state index < -0.39 is 0 Å². The molecular formula is C16H14N2O. The van der Waals surface area contributed by atoms with Crippen LogP contribution in [0.2, 0.25) is 0 Å². The van der Waals surface area contributed by atoms with Gasteiger partial charge in [0.15, 0.2) is 0 Å². The molecule has 1 amide bonds. The summed E-state index contributed by atoms with van der Waals surface area (Å²) in [6.07, 6.45) is 0.311. The molecular weight excluding hydrogens is 236 g/mol. The molecule has 0 fully saturated rings. The Hall–Kier alpha value is -2.60. The van der Waals surface area contributed by atoms with Gasteiger partial charge in [-0.05, 0) is 42.3 Å². The van der Waals surface area contributed by atoms with Crippen LogP contribution in [0.4, 0.5) is 5.69 Å². The van der Waals surface area contributed by atoms with Crippen LogP contribution in [0.1, 0.15) is 21.5 Å². The van der Waals surface area contributed by atoms with Crippen LogP contribution in [0.15, 0.2) is 48.5 Å². The van der Waals surface area contributed by atoms with Gasteiger partial charge in [0.25, 0.3) is 5.91 Å². The van der Waals surface area contributed by atoms with Crippen molar-refractivity contribution in [2.75, 3.05) is 5.32 Å². The van der Waals surface area contributed by atoms with Crippen LogP contribution in [-0.2, 0) is 6.42 Å². The SMILES string of the molecule is Cc1cccc(NC(=O)c2cccc(CC#N)c2)c1. The smallest absolute Gasteiger partial charge is 0.255 e. The molecule has 0 unspecified atom stereocenters. The zero-order valence-corrected chi connectivity index (χ0v) is 10.7. The number of aryl methyl sites for hydroxylation is 1. The standard InChI is InChI=1S/C16H14N2O/c1-12-4-2-7-15(10-12)18-16(19)14-6-3-5-13(11-14)8-9-17/h2-7,10-11H,8H2,1H3,(H,18,19). The number of rotatable bonds is 3. The van der Waals surface area contributed by atoms with Gasteiger partial charge in [-0.2, -0.15) is 5.26 Å². The van der Waals surface area contributed by atoms with Crippen molar-refractivity contribution in [3.8, 4) is 6.07 Å². The van der Waals surface area contributed by atoms with Gasteiger partial charge in [0.2, 0.25) is 0 Å². The molecule has 0 radical (unpaired) electrons. The molecule has 0 saturated carbocycles. The maximum atomic E-state index is 12.1. The summed E-state index contributed by atoms with van der Waals surface area (Å²) < 4.78 is 0. The van der Waals surface area contributed by atoms with E-state index in [2.05, 4.69) is 11.4 Å². The molecule has 0 aliphatic rings. The quantitative estimate of drug-likeness (QED) is 0.908. The molecule has 0 spiro atoms. The molecule has 19 heavy (non-hydrogen) atoms. The highest BCUT2D eigenvalue weighted by Crippen LogP contribution is 2.12. The van der Waals surface area contributed by atoms with E-state index in [1.165, 1.54) is 0 Å². The number of hydrogen-bond donors (Lipinski definition) is 1. The van der Waals surface area contributed by atoms with Crippen molar-refractivity contribution >= 4 is 11.6 Å². The van der Waals surface area contributed by atoms with Gasteiger partial charge < -0.3 is 5.32 Å². The second kappa shape index (κ2) is 5.83. The van der Waals surface area contributed by atoms with Crippen molar-refractivity contribution in [2.24, 2.45) is 0 Å². The molecule has 2 aromatic carbocycles. The lowest BCUT2D eigenvalue weighted by Gasteiger charge is -2.06. The van der Waals surface area contributed by atoms with Crippen LogP contribution < -0.4 is 5.32 Å². The number of nitrogens with zero attached hydrogens (tertiary/aromatic N) is 1. The maximum Gasteiger partial charge on any atom is 0.255 e. The zero-order chi connectivity index (χ0) is 13.7. The minimum atomic E-state index is -0.162. The predicted molar refractivity (Wildman–Crippen MR) is 74.9 cm³/mol. The molecule has 0 aliphatic carbocycles. The summed E-state index contributed by atoms with van der Waals surface area (Å²) in [5.74, 6) is -0.162. The van der Waals surface area contributed by atoms with Gasteiger partial charge in [-0.15, -0.1) is 0 Å². The molecule has 94 valence electrons. The summed E-state index contributed by atoms with van der Waals surface area (Å²) in [5, 5.41) is 11.5. The second-order valence-corrected chi connectivity index (χ2v) is 4.36. The van der Waals surface area contributed by atoms with E-state index in [0.717, 1.165) is 16.8 Å². The molecule has 1 N–H and O–H groups in total.